The standard InChI is InChI=1S/C8H9BNO3/c1-6-10-8-5-3-2-4-7(8)9(11,12)13-6/h2-5,11-12H,1H3/q-1/p+1. The predicted molar refractivity (Wildman–Crippen MR) is 51.2 cm³/mol. The van der Waals surface area contributed by atoms with Crippen LogP contribution < -0.4 is 5.46 Å². The number of para-hydroxylation sites is 1. The van der Waals surface area contributed by atoms with E-state index in [4.69, 9.17) is 4.65 Å². The molecule has 0 amide bonds. The summed E-state index contributed by atoms with van der Waals surface area (Å²) in [6, 6.07) is 6.80. The van der Waals surface area contributed by atoms with Gasteiger partial charge in [-0.05, 0) is 6.07 Å². The molecule has 1 aliphatic rings. The first-order chi connectivity index (χ1) is 6.09. The average molecular weight is 179 g/mol. The molecular weight excluding hydrogens is 169 g/mol. The van der Waals surface area contributed by atoms with Gasteiger partial charge < -0.3 is 14.7 Å². The molecule has 0 unspecified atom stereocenters. The first-order valence-corrected chi connectivity index (χ1v) is 4.02. The molecule has 0 fully saturated rings. The third kappa shape index (κ3) is 1.32. The number of hydrogen-bond acceptors (Lipinski definition) is 4. The second-order valence-corrected chi connectivity index (χ2v) is 3.01. The van der Waals surface area contributed by atoms with Crippen molar-refractivity contribution in [1.29, 1.82) is 0 Å². The molecule has 0 saturated heterocycles. The smallest absolute Gasteiger partial charge is 0.656 e. The van der Waals surface area contributed by atoms with E-state index in [0.717, 1.165) is 0 Å². The molecule has 0 radical (unpaired) electrons. The van der Waals surface area contributed by atoms with Crippen LogP contribution in [0.25, 0.3) is 0 Å². The summed E-state index contributed by atoms with van der Waals surface area (Å²) < 4.78 is 4.82. The van der Waals surface area contributed by atoms with Crippen molar-refractivity contribution in [2.24, 2.45) is 4.99 Å². The molecule has 1 aromatic rings. The number of hydrogen-bond donors (Lipinski definition) is 2. The molecule has 0 saturated carbocycles. The Hall–Kier alpha value is -1.33. The molecular formula is C8H10BNO3. The first-order valence-electron chi connectivity index (χ1n) is 4.02. The van der Waals surface area contributed by atoms with Crippen LogP contribution >= 0.6 is 0 Å². The molecule has 0 aromatic heterocycles. The van der Waals surface area contributed by atoms with Crippen LogP contribution in [0.15, 0.2) is 29.3 Å². The Kier molecular flexibility index (Phi) is 1.64. The maximum Gasteiger partial charge on any atom is 1.00 e. The van der Waals surface area contributed by atoms with Gasteiger partial charge in [-0.15, -0.1) is 0 Å². The summed E-state index contributed by atoms with van der Waals surface area (Å²) in [5, 5.41) is 19.0. The summed E-state index contributed by atoms with van der Waals surface area (Å²) in [6.45, 7) is -1.32. The van der Waals surface area contributed by atoms with E-state index < -0.39 is 6.75 Å². The van der Waals surface area contributed by atoms with E-state index in [1.165, 1.54) is 0 Å². The zero-order valence-corrected chi connectivity index (χ0v) is 7.14. The van der Waals surface area contributed by atoms with Gasteiger partial charge in [-0.3, -0.25) is 0 Å². The molecule has 5 heteroatoms. The van der Waals surface area contributed by atoms with Gasteiger partial charge in [0.25, 0.3) is 0 Å². The normalized spacial score (nSPS) is 18.5. The molecule has 2 rings (SSSR count). The van der Waals surface area contributed by atoms with Crippen LogP contribution in [-0.4, -0.2) is 22.7 Å². The van der Waals surface area contributed by atoms with Crippen molar-refractivity contribution in [3.8, 4) is 0 Å². The zero-order chi connectivity index (χ0) is 9.47. The zero-order valence-electron chi connectivity index (χ0n) is 8.14. The molecule has 1 heterocycles. The van der Waals surface area contributed by atoms with Gasteiger partial charge in [0.2, 0.25) is 0 Å². The average Bonchev–Trinajstić information content (AvgIpc) is 2.02. The molecule has 0 bridgehead atoms. The van der Waals surface area contributed by atoms with Crippen molar-refractivity contribution in [3.63, 3.8) is 0 Å². The lowest BCUT2D eigenvalue weighted by molar-refractivity contribution is 0.252. The lowest BCUT2D eigenvalue weighted by Gasteiger charge is -2.35. The number of rotatable bonds is 0. The molecule has 0 atom stereocenters. The lowest BCUT2D eigenvalue weighted by Crippen LogP contribution is -2.54. The Morgan fingerprint density at radius 2 is 2.08 bits per heavy atom. The van der Waals surface area contributed by atoms with Crippen molar-refractivity contribution in [3.05, 3.63) is 24.3 Å². The van der Waals surface area contributed by atoms with E-state index in [-0.39, 0.29) is 7.32 Å². The fourth-order valence-electron chi connectivity index (χ4n) is 1.40. The van der Waals surface area contributed by atoms with Crippen molar-refractivity contribution < 1.29 is 16.1 Å². The van der Waals surface area contributed by atoms with Crippen molar-refractivity contribution in [2.75, 3.05) is 0 Å². The summed E-state index contributed by atoms with van der Waals surface area (Å²) >= 11 is 0. The summed E-state index contributed by atoms with van der Waals surface area (Å²) in [4.78, 5) is 4.03. The van der Waals surface area contributed by atoms with E-state index in [9.17, 15) is 10.0 Å². The fourth-order valence-corrected chi connectivity index (χ4v) is 1.40. The van der Waals surface area contributed by atoms with Crippen LogP contribution in [-0.2, 0) is 4.65 Å². The van der Waals surface area contributed by atoms with Gasteiger partial charge in [0.15, 0.2) is 0 Å². The highest BCUT2D eigenvalue weighted by Gasteiger charge is 2.30. The van der Waals surface area contributed by atoms with Crippen molar-refractivity contribution >= 4 is 23.8 Å². The largest absolute Gasteiger partial charge is 1.00 e. The monoisotopic (exact) mass is 179 g/mol. The summed E-state index contributed by atoms with van der Waals surface area (Å²) in [6.07, 6.45) is 0. The van der Waals surface area contributed by atoms with Gasteiger partial charge in [-0.25, -0.2) is 4.99 Å². The summed E-state index contributed by atoms with van der Waals surface area (Å²) in [7, 11) is 0. The Morgan fingerprint density at radius 3 is 2.85 bits per heavy atom. The van der Waals surface area contributed by atoms with Gasteiger partial charge >= 0.3 is 8.18 Å². The second kappa shape index (κ2) is 2.58. The predicted octanol–water partition coefficient (Wildman–Crippen LogP) is 0.00970. The molecule has 13 heavy (non-hydrogen) atoms. The molecule has 2 N–H and O–H groups in total. The second-order valence-electron chi connectivity index (χ2n) is 3.01. The Morgan fingerprint density at radius 1 is 1.38 bits per heavy atom. The minimum absolute atomic E-state index is 0. The lowest BCUT2D eigenvalue weighted by atomic mass is 9.68. The minimum Gasteiger partial charge on any atom is -0.656 e. The number of aliphatic imine (C=N–C) groups is 1. The summed E-state index contributed by atoms with van der Waals surface area (Å²) in [5.74, 6) is 0.267. The van der Waals surface area contributed by atoms with Gasteiger partial charge in [0.05, 0.1) is 0 Å². The Labute approximate surface area is 77.0 Å². The maximum absolute atomic E-state index is 9.51. The third-order valence-corrected chi connectivity index (χ3v) is 1.95. The van der Waals surface area contributed by atoms with Crippen LogP contribution in [0.3, 0.4) is 0 Å². The Balaban J connectivity index is 0.000000980. The van der Waals surface area contributed by atoms with Crippen LogP contribution in [0.5, 0.6) is 0 Å². The molecule has 1 aromatic carbocycles. The molecule has 0 spiro atoms. The van der Waals surface area contributed by atoms with Gasteiger partial charge in [0, 0.05) is 12.6 Å². The first kappa shape index (κ1) is 8.28. The highest BCUT2D eigenvalue weighted by atomic mass is 16.6. The fraction of sp³-hybridized carbons (Fsp3) is 0.125. The maximum atomic E-state index is 9.51. The van der Waals surface area contributed by atoms with E-state index in [1.54, 1.807) is 31.2 Å². The van der Waals surface area contributed by atoms with Gasteiger partial charge in [-0.1, -0.05) is 23.7 Å². The number of fused-ring (bicyclic) bond motifs is 1. The Bertz CT molecular complexity index is 381. The van der Waals surface area contributed by atoms with E-state index in [2.05, 4.69) is 4.99 Å². The minimum atomic E-state index is -2.90. The summed E-state index contributed by atoms with van der Waals surface area (Å²) in [5.41, 5.74) is 0.879. The molecule has 4 nitrogen and oxygen atoms in total. The number of benzene rings is 1. The molecule has 0 aliphatic carbocycles. The number of nitrogens with zero attached hydrogens (tertiary/aromatic N) is 1. The van der Waals surface area contributed by atoms with E-state index in [0.29, 0.717) is 11.2 Å². The third-order valence-electron chi connectivity index (χ3n) is 1.95. The van der Waals surface area contributed by atoms with Gasteiger partial charge in [0.1, 0.15) is 5.90 Å². The SMILES string of the molecule is CC1=Nc2ccccc2[B-](O)(O)O1.[H+]. The molecule has 68 valence electrons. The quantitative estimate of drug-likeness (QED) is 0.551. The van der Waals surface area contributed by atoms with Crippen LogP contribution in [0, 0.1) is 0 Å². The van der Waals surface area contributed by atoms with Crippen molar-refractivity contribution in [1.82, 2.24) is 0 Å². The van der Waals surface area contributed by atoms with Crippen LogP contribution in [0.4, 0.5) is 5.69 Å². The van der Waals surface area contributed by atoms with E-state index in [1.807, 2.05) is 0 Å². The topological polar surface area (TPSA) is 62.1 Å². The van der Waals surface area contributed by atoms with Gasteiger partial charge in [-0.2, -0.15) is 0 Å². The van der Waals surface area contributed by atoms with Crippen LogP contribution in [0.2, 0.25) is 0 Å². The van der Waals surface area contributed by atoms with Crippen molar-refractivity contribution in [2.45, 2.75) is 6.92 Å². The highest BCUT2D eigenvalue weighted by molar-refractivity contribution is 6.76. The van der Waals surface area contributed by atoms with Crippen LogP contribution in [0.1, 0.15) is 8.35 Å². The highest BCUT2D eigenvalue weighted by Crippen LogP contribution is 2.18. The van der Waals surface area contributed by atoms with E-state index >= 15 is 0 Å². The molecule has 1 aliphatic heterocycles.